The van der Waals surface area contributed by atoms with Gasteiger partial charge in [-0.3, -0.25) is 0 Å². The van der Waals surface area contributed by atoms with E-state index in [2.05, 4.69) is 10.3 Å². The average molecular weight is 396 g/mol. The first-order valence-corrected chi connectivity index (χ1v) is 9.28. The standard InChI is InChI=1S/C20H27F3N4O/c1-14(2)11-27(19(28)25-15(3)4)13-18-24-9-10-26(18)12-16-7-5-6-8-17(16)20(21,22)23/h5-10,14-15H,11-13H2,1-4H3,(H,25,28). The van der Waals surface area contributed by atoms with Crippen LogP contribution in [-0.2, 0) is 19.3 Å². The summed E-state index contributed by atoms with van der Waals surface area (Å²) in [6.07, 6.45) is -1.24. The predicted octanol–water partition coefficient (Wildman–Crippen LogP) is 4.53. The lowest BCUT2D eigenvalue weighted by molar-refractivity contribution is -0.138. The number of hydrogen-bond acceptors (Lipinski definition) is 2. The van der Waals surface area contributed by atoms with Gasteiger partial charge in [-0.05, 0) is 31.4 Å². The van der Waals surface area contributed by atoms with Gasteiger partial charge in [0.25, 0.3) is 0 Å². The normalized spacial score (nSPS) is 11.9. The van der Waals surface area contributed by atoms with Crippen molar-refractivity contribution in [1.82, 2.24) is 19.8 Å². The molecule has 8 heteroatoms. The van der Waals surface area contributed by atoms with Gasteiger partial charge in [0.2, 0.25) is 0 Å². The summed E-state index contributed by atoms with van der Waals surface area (Å²) >= 11 is 0. The summed E-state index contributed by atoms with van der Waals surface area (Å²) in [5.74, 6) is 0.781. The highest BCUT2D eigenvalue weighted by molar-refractivity contribution is 5.74. The molecule has 1 N–H and O–H groups in total. The zero-order valence-electron chi connectivity index (χ0n) is 16.6. The van der Waals surface area contributed by atoms with Gasteiger partial charge in [-0.1, -0.05) is 32.0 Å². The molecule has 1 heterocycles. The second kappa shape index (κ2) is 9.12. The molecule has 0 bridgehead atoms. The number of rotatable bonds is 7. The first kappa shape index (κ1) is 21.8. The molecule has 0 aliphatic rings. The average Bonchev–Trinajstić information content (AvgIpc) is 2.99. The Morgan fingerprint density at radius 3 is 2.50 bits per heavy atom. The van der Waals surface area contributed by atoms with E-state index in [9.17, 15) is 18.0 Å². The lowest BCUT2D eigenvalue weighted by Gasteiger charge is -2.26. The Labute approximate surface area is 163 Å². The van der Waals surface area contributed by atoms with Crippen molar-refractivity contribution in [1.29, 1.82) is 0 Å². The van der Waals surface area contributed by atoms with Crippen LogP contribution in [0.5, 0.6) is 0 Å². The van der Waals surface area contributed by atoms with Gasteiger partial charge in [0.05, 0.1) is 12.1 Å². The molecular formula is C20H27F3N4O. The van der Waals surface area contributed by atoms with Crippen LogP contribution in [0.2, 0.25) is 0 Å². The molecule has 2 aromatic rings. The Morgan fingerprint density at radius 2 is 1.89 bits per heavy atom. The fourth-order valence-corrected chi connectivity index (χ4v) is 2.92. The zero-order valence-corrected chi connectivity index (χ0v) is 16.6. The molecule has 28 heavy (non-hydrogen) atoms. The molecule has 2 rings (SSSR count). The highest BCUT2D eigenvalue weighted by Crippen LogP contribution is 2.32. The Morgan fingerprint density at radius 1 is 1.21 bits per heavy atom. The minimum atomic E-state index is -4.42. The third-order valence-electron chi connectivity index (χ3n) is 4.08. The lowest BCUT2D eigenvalue weighted by Crippen LogP contribution is -2.44. The minimum absolute atomic E-state index is 0.0134. The maximum absolute atomic E-state index is 13.3. The largest absolute Gasteiger partial charge is 0.416 e. The number of alkyl halides is 3. The van der Waals surface area contributed by atoms with Gasteiger partial charge in [-0.15, -0.1) is 0 Å². The van der Waals surface area contributed by atoms with Gasteiger partial charge >= 0.3 is 12.2 Å². The molecule has 0 saturated carbocycles. The number of urea groups is 1. The topological polar surface area (TPSA) is 50.2 Å². The summed E-state index contributed by atoms with van der Waals surface area (Å²) in [7, 11) is 0. The number of carbonyl (C=O) groups is 1. The van der Waals surface area contributed by atoms with Gasteiger partial charge in [0.1, 0.15) is 5.82 Å². The zero-order chi connectivity index (χ0) is 20.9. The molecule has 0 saturated heterocycles. The molecule has 0 unspecified atom stereocenters. The van der Waals surface area contributed by atoms with Crippen LogP contribution in [0.3, 0.4) is 0 Å². The van der Waals surface area contributed by atoms with E-state index in [1.54, 1.807) is 27.9 Å². The van der Waals surface area contributed by atoms with Crippen molar-refractivity contribution < 1.29 is 18.0 Å². The molecule has 2 amide bonds. The second-order valence-corrected chi connectivity index (χ2v) is 7.50. The van der Waals surface area contributed by atoms with E-state index in [1.165, 1.54) is 12.1 Å². The quantitative estimate of drug-likeness (QED) is 0.748. The summed E-state index contributed by atoms with van der Waals surface area (Å²) < 4.78 is 41.5. The predicted molar refractivity (Wildman–Crippen MR) is 102 cm³/mol. The molecule has 0 fully saturated rings. The number of nitrogens with one attached hydrogen (secondary N) is 1. The van der Waals surface area contributed by atoms with E-state index in [0.29, 0.717) is 12.4 Å². The highest BCUT2D eigenvalue weighted by atomic mass is 19.4. The van der Waals surface area contributed by atoms with Gasteiger partial charge in [-0.2, -0.15) is 13.2 Å². The fourth-order valence-electron chi connectivity index (χ4n) is 2.92. The van der Waals surface area contributed by atoms with E-state index in [4.69, 9.17) is 0 Å². The maximum atomic E-state index is 13.3. The van der Waals surface area contributed by atoms with E-state index in [0.717, 1.165) is 6.07 Å². The SMILES string of the molecule is CC(C)CN(Cc1nccn1Cc1ccccc1C(F)(F)F)C(=O)NC(C)C. The summed E-state index contributed by atoms with van der Waals surface area (Å²) in [6.45, 7) is 8.53. The van der Waals surface area contributed by atoms with E-state index >= 15 is 0 Å². The fraction of sp³-hybridized carbons (Fsp3) is 0.500. The number of halogens is 3. The van der Waals surface area contributed by atoms with Gasteiger partial charge < -0.3 is 14.8 Å². The summed E-state index contributed by atoms with van der Waals surface area (Å²) in [6, 6.07) is 5.27. The minimum Gasteiger partial charge on any atom is -0.336 e. The summed E-state index contributed by atoms with van der Waals surface area (Å²) in [4.78, 5) is 18.4. The van der Waals surface area contributed by atoms with Gasteiger partial charge in [0.15, 0.2) is 0 Å². The van der Waals surface area contributed by atoms with Crippen molar-refractivity contribution in [3.05, 3.63) is 53.6 Å². The molecule has 0 spiro atoms. The van der Waals surface area contributed by atoms with Crippen LogP contribution in [0.4, 0.5) is 18.0 Å². The van der Waals surface area contributed by atoms with Crippen molar-refractivity contribution >= 4 is 6.03 Å². The molecule has 1 aromatic carbocycles. The van der Waals surface area contributed by atoms with Crippen LogP contribution in [0.25, 0.3) is 0 Å². The lowest BCUT2D eigenvalue weighted by atomic mass is 10.1. The maximum Gasteiger partial charge on any atom is 0.416 e. The molecule has 0 aliphatic carbocycles. The number of hydrogen-bond donors (Lipinski definition) is 1. The highest BCUT2D eigenvalue weighted by Gasteiger charge is 2.33. The molecule has 0 aliphatic heterocycles. The van der Waals surface area contributed by atoms with E-state index < -0.39 is 11.7 Å². The third kappa shape index (κ3) is 6.00. The Hall–Kier alpha value is -2.51. The monoisotopic (exact) mass is 396 g/mol. The summed E-state index contributed by atoms with van der Waals surface area (Å²) in [5.41, 5.74) is -0.498. The van der Waals surface area contributed by atoms with Crippen molar-refractivity contribution in [3.8, 4) is 0 Å². The number of imidazole rings is 1. The van der Waals surface area contributed by atoms with Crippen LogP contribution < -0.4 is 5.32 Å². The molecular weight excluding hydrogens is 369 g/mol. The summed E-state index contributed by atoms with van der Waals surface area (Å²) in [5, 5.41) is 2.86. The molecule has 154 valence electrons. The number of nitrogens with zero attached hydrogens (tertiary/aromatic N) is 3. The van der Waals surface area contributed by atoms with Crippen molar-refractivity contribution in [2.75, 3.05) is 6.54 Å². The van der Waals surface area contributed by atoms with Crippen molar-refractivity contribution in [2.45, 2.75) is 53.0 Å². The molecule has 0 atom stereocenters. The number of amides is 2. The first-order valence-electron chi connectivity index (χ1n) is 9.28. The van der Waals surface area contributed by atoms with Crippen molar-refractivity contribution in [2.24, 2.45) is 5.92 Å². The smallest absolute Gasteiger partial charge is 0.336 e. The molecule has 1 aromatic heterocycles. The van der Waals surface area contributed by atoms with Crippen LogP contribution >= 0.6 is 0 Å². The second-order valence-electron chi connectivity index (χ2n) is 7.50. The Kier molecular flexibility index (Phi) is 7.10. The van der Waals surface area contributed by atoms with Crippen LogP contribution in [0, 0.1) is 5.92 Å². The van der Waals surface area contributed by atoms with Crippen LogP contribution in [-0.4, -0.2) is 33.1 Å². The molecule has 0 radical (unpaired) electrons. The first-order chi connectivity index (χ1) is 13.1. The number of aromatic nitrogens is 2. The van der Waals surface area contributed by atoms with E-state index in [-0.39, 0.29) is 36.6 Å². The number of carbonyl (C=O) groups excluding carboxylic acids is 1. The molecule has 5 nitrogen and oxygen atoms in total. The third-order valence-corrected chi connectivity index (χ3v) is 4.08. The van der Waals surface area contributed by atoms with E-state index in [1.807, 2.05) is 27.7 Å². The van der Waals surface area contributed by atoms with Crippen LogP contribution in [0.1, 0.15) is 44.6 Å². The number of benzene rings is 1. The van der Waals surface area contributed by atoms with Crippen molar-refractivity contribution in [3.63, 3.8) is 0 Å². The Balaban J connectivity index is 2.24. The Bertz CT molecular complexity index is 784. The van der Waals surface area contributed by atoms with Gasteiger partial charge in [0, 0.05) is 31.5 Å². The van der Waals surface area contributed by atoms with Crippen LogP contribution in [0.15, 0.2) is 36.7 Å². The van der Waals surface area contributed by atoms with Gasteiger partial charge in [-0.25, -0.2) is 9.78 Å².